The second kappa shape index (κ2) is 3.98. The summed E-state index contributed by atoms with van der Waals surface area (Å²) in [6.07, 6.45) is 2.21. The lowest BCUT2D eigenvalue weighted by atomic mass is 9.72. The maximum atomic E-state index is 11.0. The maximum Gasteiger partial charge on any atom is 0.314 e. The highest BCUT2D eigenvalue weighted by Gasteiger charge is 2.44. The molecule has 2 amide bonds. The average molecular weight is 212 g/mol. The molecule has 2 saturated heterocycles. The van der Waals surface area contributed by atoms with E-state index in [1.165, 1.54) is 13.1 Å². The number of primary amides is 1. The molecule has 0 unspecified atom stereocenters. The molecule has 1 spiro atoms. The highest BCUT2D eigenvalue weighted by Crippen LogP contribution is 2.39. The van der Waals surface area contributed by atoms with Crippen molar-refractivity contribution in [1.82, 2.24) is 15.1 Å². The van der Waals surface area contributed by atoms with Gasteiger partial charge in [-0.05, 0) is 25.3 Å². The molecule has 0 bridgehead atoms. The number of likely N-dealkylation sites (tertiary alicyclic amines) is 2. The van der Waals surface area contributed by atoms with Gasteiger partial charge in [-0.25, -0.2) is 4.79 Å². The van der Waals surface area contributed by atoms with Crippen molar-refractivity contribution in [2.75, 3.05) is 39.9 Å². The summed E-state index contributed by atoms with van der Waals surface area (Å²) in [4.78, 5) is 15.1. The zero-order chi connectivity index (χ0) is 10.9. The normalized spacial score (nSPS) is 25.3. The standard InChI is InChI=1S/C10H20N4O/c1-12-8-13-6-10(7-13)2-4-14(5-3-10)9(11)15/h12H,2-8H2,1H3,(H2,11,15). The van der Waals surface area contributed by atoms with Crippen LogP contribution in [0.3, 0.4) is 0 Å². The molecule has 86 valence electrons. The summed E-state index contributed by atoms with van der Waals surface area (Å²) in [5.74, 6) is 0. The largest absolute Gasteiger partial charge is 0.351 e. The molecule has 0 aromatic carbocycles. The monoisotopic (exact) mass is 212 g/mol. The highest BCUT2D eigenvalue weighted by molar-refractivity contribution is 5.72. The molecule has 5 nitrogen and oxygen atoms in total. The molecule has 15 heavy (non-hydrogen) atoms. The van der Waals surface area contributed by atoms with E-state index in [0.717, 1.165) is 32.6 Å². The number of rotatable bonds is 2. The SMILES string of the molecule is CNCN1CC2(CCN(C(N)=O)CC2)C1. The lowest BCUT2D eigenvalue weighted by molar-refractivity contribution is -0.0416. The Labute approximate surface area is 90.6 Å². The van der Waals surface area contributed by atoms with Crippen LogP contribution in [0.1, 0.15) is 12.8 Å². The second-order valence-electron chi connectivity index (χ2n) is 4.82. The Morgan fingerprint density at radius 2 is 2.00 bits per heavy atom. The average Bonchev–Trinajstić information content (AvgIpc) is 2.16. The molecule has 2 aliphatic rings. The van der Waals surface area contributed by atoms with Crippen LogP contribution in [0.2, 0.25) is 0 Å². The quantitative estimate of drug-likeness (QED) is 0.657. The van der Waals surface area contributed by atoms with E-state index in [2.05, 4.69) is 10.2 Å². The van der Waals surface area contributed by atoms with Crippen LogP contribution in [0.15, 0.2) is 0 Å². The number of nitrogens with zero attached hydrogens (tertiary/aromatic N) is 2. The van der Waals surface area contributed by atoms with Gasteiger partial charge in [-0.3, -0.25) is 4.90 Å². The minimum absolute atomic E-state index is 0.267. The zero-order valence-electron chi connectivity index (χ0n) is 9.33. The van der Waals surface area contributed by atoms with Crippen LogP contribution in [0, 0.1) is 5.41 Å². The van der Waals surface area contributed by atoms with Crippen LogP contribution in [0.4, 0.5) is 4.79 Å². The first-order valence-corrected chi connectivity index (χ1v) is 5.57. The first kappa shape index (κ1) is 10.7. The van der Waals surface area contributed by atoms with Gasteiger partial charge < -0.3 is 16.0 Å². The van der Waals surface area contributed by atoms with Gasteiger partial charge in [0.05, 0.1) is 0 Å². The van der Waals surface area contributed by atoms with Crippen molar-refractivity contribution < 1.29 is 4.79 Å². The number of carbonyl (C=O) groups is 1. The first-order valence-electron chi connectivity index (χ1n) is 5.57. The van der Waals surface area contributed by atoms with E-state index in [1.807, 2.05) is 7.05 Å². The summed E-state index contributed by atoms with van der Waals surface area (Å²) in [6, 6.07) is -0.267. The number of amides is 2. The van der Waals surface area contributed by atoms with Crippen LogP contribution in [0.5, 0.6) is 0 Å². The van der Waals surface area contributed by atoms with E-state index < -0.39 is 0 Å². The van der Waals surface area contributed by atoms with Crippen molar-refractivity contribution in [1.29, 1.82) is 0 Å². The molecule has 0 aromatic rings. The van der Waals surface area contributed by atoms with Crippen LogP contribution in [-0.4, -0.2) is 55.7 Å². The molecule has 2 rings (SSSR count). The van der Waals surface area contributed by atoms with Crippen molar-refractivity contribution in [2.45, 2.75) is 12.8 Å². The summed E-state index contributed by atoms with van der Waals surface area (Å²) >= 11 is 0. The van der Waals surface area contributed by atoms with Gasteiger partial charge in [-0.1, -0.05) is 0 Å². The molecule has 2 heterocycles. The number of hydrogen-bond donors (Lipinski definition) is 2. The molecular formula is C10H20N4O. The Kier molecular flexibility index (Phi) is 2.84. The minimum Gasteiger partial charge on any atom is -0.351 e. The minimum atomic E-state index is -0.267. The Balaban J connectivity index is 1.77. The van der Waals surface area contributed by atoms with Gasteiger partial charge in [0.2, 0.25) is 0 Å². The van der Waals surface area contributed by atoms with Gasteiger partial charge in [-0.2, -0.15) is 0 Å². The van der Waals surface area contributed by atoms with E-state index >= 15 is 0 Å². The first-order chi connectivity index (χ1) is 7.15. The number of urea groups is 1. The van der Waals surface area contributed by atoms with Crippen molar-refractivity contribution >= 4 is 6.03 Å². The smallest absolute Gasteiger partial charge is 0.314 e. The molecular weight excluding hydrogens is 192 g/mol. The Morgan fingerprint density at radius 1 is 1.40 bits per heavy atom. The third-order valence-electron chi connectivity index (χ3n) is 3.64. The van der Waals surface area contributed by atoms with Crippen LogP contribution >= 0.6 is 0 Å². The number of hydrogen-bond acceptors (Lipinski definition) is 3. The second-order valence-corrected chi connectivity index (χ2v) is 4.82. The third kappa shape index (κ3) is 2.08. The van der Waals surface area contributed by atoms with Crippen LogP contribution in [-0.2, 0) is 0 Å². The third-order valence-corrected chi connectivity index (χ3v) is 3.64. The summed E-state index contributed by atoms with van der Waals surface area (Å²) < 4.78 is 0. The van der Waals surface area contributed by atoms with E-state index in [0.29, 0.717) is 5.41 Å². The van der Waals surface area contributed by atoms with E-state index in [4.69, 9.17) is 5.73 Å². The molecule has 0 aromatic heterocycles. The molecule has 0 atom stereocenters. The number of nitrogens with two attached hydrogens (primary N) is 1. The fourth-order valence-corrected chi connectivity index (χ4v) is 2.76. The fraction of sp³-hybridized carbons (Fsp3) is 0.900. The predicted molar refractivity (Wildman–Crippen MR) is 58.3 cm³/mol. The molecule has 2 aliphatic heterocycles. The summed E-state index contributed by atoms with van der Waals surface area (Å²) in [7, 11) is 1.97. The van der Waals surface area contributed by atoms with Crippen LogP contribution < -0.4 is 11.1 Å². The van der Waals surface area contributed by atoms with E-state index in [1.54, 1.807) is 4.90 Å². The van der Waals surface area contributed by atoms with Gasteiger partial charge in [0.1, 0.15) is 0 Å². The Morgan fingerprint density at radius 3 is 2.47 bits per heavy atom. The number of carbonyl (C=O) groups excluding carboxylic acids is 1. The van der Waals surface area contributed by atoms with Gasteiger partial charge in [0.15, 0.2) is 0 Å². The van der Waals surface area contributed by atoms with Crippen LogP contribution in [0.25, 0.3) is 0 Å². The van der Waals surface area contributed by atoms with Gasteiger partial charge in [0.25, 0.3) is 0 Å². The lowest BCUT2D eigenvalue weighted by Crippen LogP contribution is -2.62. The molecule has 5 heteroatoms. The molecule has 2 fully saturated rings. The maximum absolute atomic E-state index is 11.0. The molecule has 3 N–H and O–H groups in total. The summed E-state index contributed by atoms with van der Waals surface area (Å²) in [5.41, 5.74) is 5.73. The fourth-order valence-electron chi connectivity index (χ4n) is 2.76. The molecule has 0 radical (unpaired) electrons. The van der Waals surface area contributed by atoms with Crippen molar-refractivity contribution in [3.8, 4) is 0 Å². The number of piperidine rings is 1. The Bertz CT molecular complexity index is 240. The van der Waals surface area contributed by atoms with Gasteiger partial charge in [0, 0.05) is 32.8 Å². The van der Waals surface area contributed by atoms with Crippen molar-refractivity contribution in [3.63, 3.8) is 0 Å². The topological polar surface area (TPSA) is 61.6 Å². The predicted octanol–water partition coefficient (Wildman–Crippen LogP) is -0.360. The van der Waals surface area contributed by atoms with Crippen molar-refractivity contribution in [3.05, 3.63) is 0 Å². The van der Waals surface area contributed by atoms with E-state index in [-0.39, 0.29) is 6.03 Å². The highest BCUT2D eigenvalue weighted by atomic mass is 16.2. The van der Waals surface area contributed by atoms with Gasteiger partial charge >= 0.3 is 6.03 Å². The number of nitrogens with one attached hydrogen (secondary N) is 1. The van der Waals surface area contributed by atoms with Gasteiger partial charge in [-0.15, -0.1) is 0 Å². The zero-order valence-corrected chi connectivity index (χ0v) is 9.33. The lowest BCUT2D eigenvalue weighted by Gasteiger charge is -2.53. The van der Waals surface area contributed by atoms with E-state index in [9.17, 15) is 4.79 Å². The van der Waals surface area contributed by atoms with Crippen molar-refractivity contribution in [2.24, 2.45) is 11.1 Å². The molecule has 0 aliphatic carbocycles. The Hall–Kier alpha value is -0.810. The summed E-state index contributed by atoms with van der Waals surface area (Å²) in [5, 5.41) is 3.16. The molecule has 0 saturated carbocycles. The summed E-state index contributed by atoms with van der Waals surface area (Å²) in [6.45, 7) is 4.98.